The molecule has 98 valence electrons. The Morgan fingerprint density at radius 3 is 2.74 bits per heavy atom. The topological polar surface area (TPSA) is 126 Å². The number of ether oxygens (including phenoxy) is 1. The van der Waals surface area contributed by atoms with E-state index in [2.05, 4.69) is 14.8 Å². The number of anilines is 1. The fraction of sp³-hybridized carbons (Fsp3) is 0.0909. The molecule has 0 aromatic carbocycles. The predicted molar refractivity (Wildman–Crippen MR) is 65.6 cm³/mol. The number of aromatic nitrogens is 3. The lowest BCUT2D eigenvalue weighted by atomic mass is 10.2. The van der Waals surface area contributed by atoms with Crippen LogP contribution >= 0.6 is 0 Å². The number of nitrogens with zero attached hydrogens (tertiary/aromatic N) is 3. The molecule has 2 aromatic rings. The maximum atomic E-state index is 11.5. The van der Waals surface area contributed by atoms with Gasteiger partial charge in [-0.25, -0.2) is 14.5 Å². The van der Waals surface area contributed by atoms with Crippen molar-refractivity contribution in [2.45, 2.75) is 0 Å². The van der Waals surface area contributed by atoms with Gasteiger partial charge in [0.15, 0.2) is 5.82 Å². The summed E-state index contributed by atoms with van der Waals surface area (Å²) in [6.07, 6.45) is 4.06. The van der Waals surface area contributed by atoms with Gasteiger partial charge in [0, 0.05) is 12.4 Å². The van der Waals surface area contributed by atoms with E-state index in [0.717, 1.165) is 0 Å². The Morgan fingerprint density at radius 1 is 1.42 bits per heavy atom. The van der Waals surface area contributed by atoms with E-state index in [1.807, 2.05) is 0 Å². The molecule has 0 radical (unpaired) electrons. The summed E-state index contributed by atoms with van der Waals surface area (Å²) in [4.78, 5) is 26.5. The molecule has 0 bridgehead atoms. The van der Waals surface area contributed by atoms with Crippen molar-refractivity contribution < 1.29 is 14.3 Å². The van der Waals surface area contributed by atoms with Gasteiger partial charge in [-0.1, -0.05) is 0 Å². The van der Waals surface area contributed by atoms with E-state index in [-0.39, 0.29) is 22.6 Å². The summed E-state index contributed by atoms with van der Waals surface area (Å²) in [5.41, 5.74) is 11.4. The van der Waals surface area contributed by atoms with Crippen molar-refractivity contribution in [3.63, 3.8) is 0 Å². The van der Waals surface area contributed by atoms with Crippen molar-refractivity contribution in [2.24, 2.45) is 5.73 Å². The van der Waals surface area contributed by atoms with Gasteiger partial charge in [0.25, 0.3) is 5.91 Å². The fourth-order valence-electron chi connectivity index (χ4n) is 1.50. The number of pyridine rings is 1. The van der Waals surface area contributed by atoms with Gasteiger partial charge in [0.05, 0.1) is 30.1 Å². The van der Waals surface area contributed by atoms with Crippen LogP contribution in [0.5, 0.6) is 0 Å². The lowest BCUT2D eigenvalue weighted by Crippen LogP contribution is -2.11. The first-order chi connectivity index (χ1) is 9.04. The molecule has 8 nitrogen and oxygen atoms in total. The van der Waals surface area contributed by atoms with E-state index in [4.69, 9.17) is 11.5 Å². The number of rotatable bonds is 3. The molecule has 0 aliphatic heterocycles. The van der Waals surface area contributed by atoms with Crippen LogP contribution in [0.1, 0.15) is 20.7 Å². The molecule has 2 heterocycles. The van der Waals surface area contributed by atoms with Gasteiger partial charge in [-0.3, -0.25) is 4.79 Å². The molecule has 1 amide bonds. The molecule has 4 N–H and O–H groups in total. The highest BCUT2D eigenvalue weighted by Gasteiger charge is 2.16. The number of esters is 1. The van der Waals surface area contributed by atoms with E-state index >= 15 is 0 Å². The van der Waals surface area contributed by atoms with Gasteiger partial charge >= 0.3 is 5.97 Å². The molecule has 2 aromatic heterocycles. The average Bonchev–Trinajstić information content (AvgIpc) is 2.87. The Labute approximate surface area is 108 Å². The summed E-state index contributed by atoms with van der Waals surface area (Å²) < 4.78 is 5.87. The Morgan fingerprint density at radius 2 is 2.16 bits per heavy atom. The molecule has 0 fully saturated rings. The van der Waals surface area contributed by atoms with Crippen molar-refractivity contribution in [1.29, 1.82) is 0 Å². The standard InChI is InChI=1S/C11H11N5O3/c1-19-11(18)7-2-3-14-10(8(7)12)16-5-6(4-15-16)9(13)17/h2-5H,12H2,1H3,(H2,13,17). The Hall–Kier alpha value is -2.90. The van der Waals surface area contributed by atoms with E-state index in [1.54, 1.807) is 0 Å². The number of amides is 1. The molecule has 0 spiro atoms. The predicted octanol–water partition coefficient (Wildman–Crippen LogP) is -0.265. The highest BCUT2D eigenvalue weighted by molar-refractivity contribution is 5.96. The Bertz CT molecular complexity index is 650. The van der Waals surface area contributed by atoms with Gasteiger partial charge in [-0.2, -0.15) is 5.10 Å². The SMILES string of the molecule is COC(=O)c1ccnc(-n2cc(C(N)=O)cn2)c1N. The van der Waals surface area contributed by atoms with Crippen molar-refractivity contribution in [2.75, 3.05) is 12.8 Å². The van der Waals surface area contributed by atoms with Crippen LogP contribution in [0.3, 0.4) is 0 Å². The minimum atomic E-state index is -0.617. The molecule has 0 aliphatic carbocycles. The average molecular weight is 261 g/mol. The van der Waals surface area contributed by atoms with E-state index in [0.29, 0.717) is 0 Å². The summed E-state index contributed by atoms with van der Waals surface area (Å²) in [6, 6.07) is 1.43. The van der Waals surface area contributed by atoms with Crippen LogP contribution in [0.25, 0.3) is 5.82 Å². The summed E-state index contributed by atoms with van der Waals surface area (Å²) in [5, 5.41) is 3.92. The van der Waals surface area contributed by atoms with Crippen LogP contribution in [-0.2, 0) is 4.74 Å². The molecule has 19 heavy (non-hydrogen) atoms. The molecular formula is C11H11N5O3. The quantitative estimate of drug-likeness (QED) is 0.732. The number of carbonyl (C=O) groups is 2. The summed E-state index contributed by atoms with van der Waals surface area (Å²) in [6.45, 7) is 0. The molecule has 0 saturated carbocycles. The van der Waals surface area contributed by atoms with E-state index in [9.17, 15) is 9.59 Å². The minimum absolute atomic E-state index is 0.105. The second-order valence-electron chi connectivity index (χ2n) is 3.63. The largest absolute Gasteiger partial charge is 0.465 e. The van der Waals surface area contributed by atoms with Gasteiger partial charge in [-0.15, -0.1) is 0 Å². The van der Waals surface area contributed by atoms with Crippen molar-refractivity contribution in [3.05, 3.63) is 35.8 Å². The molecule has 8 heteroatoms. The number of nitrogens with two attached hydrogens (primary N) is 2. The Kier molecular flexibility index (Phi) is 3.15. The zero-order valence-electron chi connectivity index (χ0n) is 10.0. The van der Waals surface area contributed by atoms with Gasteiger partial charge in [-0.05, 0) is 6.07 Å². The number of methoxy groups -OCH3 is 1. The van der Waals surface area contributed by atoms with Crippen LogP contribution in [0.4, 0.5) is 5.69 Å². The van der Waals surface area contributed by atoms with E-state index in [1.165, 1.54) is 36.4 Å². The van der Waals surface area contributed by atoms with Crippen LogP contribution in [0.15, 0.2) is 24.7 Å². The molecule has 0 unspecified atom stereocenters. The number of hydrogen-bond acceptors (Lipinski definition) is 6. The second-order valence-corrected chi connectivity index (χ2v) is 3.63. The molecule has 0 atom stereocenters. The minimum Gasteiger partial charge on any atom is -0.465 e. The second kappa shape index (κ2) is 4.77. The molecule has 0 saturated heterocycles. The van der Waals surface area contributed by atoms with Crippen LogP contribution in [-0.4, -0.2) is 33.8 Å². The summed E-state index contributed by atoms with van der Waals surface area (Å²) in [5.74, 6) is -0.979. The number of hydrogen-bond donors (Lipinski definition) is 2. The lowest BCUT2D eigenvalue weighted by Gasteiger charge is -2.08. The molecule has 0 aliphatic rings. The van der Waals surface area contributed by atoms with Crippen molar-refractivity contribution in [3.8, 4) is 5.82 Å². The Balaban J connectivity index is 2.50. The van der Waals surface area contributed by atoms with Crippen LogP contribution < -0.4 is 11.5 Å². The third-order valence-corrected chi connectivity index (χ3v) is 2.46. The first-order valence-electron chi connectivity index (χ1n) is 5.22. The van der Waals surface area contributed by atoms with Crippen molar-refractivity contribution >= 4 is 17.6 Å². The highest BCUT2D eigenvalue weighted by atomic mass is 16.5. The van der Waals surface area contributed by atoms with Gasteiger partial charge < -0.3 is 16.2 Å². The van der Waals surface area contributed by atoms with Gasteiger partial charge in [0.1, 0.15) is 0 Å². The number of nitrogen functional groups attached to an aromatic ring is 1. The van der Waals surface area contributed by atoms with Crippen LogP contribution in [0, 0.1) is 0 Å². The lowest BCUT2D eigenvalue weighted by molar-refractivity contribution is 0.0601. The number of primary amides is 1. The smallest absolute Gasteiger partial charge is 0.340 e. The number of carbonyl (C=O) groups excluding carboxylic acids is 2. The summed E-state index contributed by atoms with van der Waals surface area (Å²) in [7, 11) is 1.25. The van der Waals surface area contributed by atoms with Crippen molar-refractivity contribution in [1.82, 2.24) is 14.8 Å². The maximum Gasteiger partial charge on any atom is 0.340 e. The van der Waals surface area contributed by atoms with Crippen LogP contribution in [0.2, 0.25) is 0 Å². The van der Waals surface area contributed by atoms with E-state index < -0.39 is 11.9 Å². The fourth-order valence-corrected chi connectivity index (χ4v) is 1.50. The summed E-state index contributed by atoms with van der Waals surface area (Å²) >= 11 is 0. The molecular weight excluding hydrogens is 250 g/mol. The normalized spacial score (nSPS) is 10.2. The highest BCUT2D eigenvalue weighted by Crippen LogP contribution is 2.19. The first kappa shape index (κ1) is 12.6. The van der Waals surface area contributed by atoms with Gasteiger partial charge in [0.2, 0.25) is 0 Å². The monoisotopic (exact) mass is 261 g/mol. The third-order valence-electron chi connectivity index (χ3n) is 2.46. The third kappa shape index (κ3) is 2.23. The zero-order chi connectivity index (χ0) is 14.0. The molecule has 2 rings (SSSR count). The maximum absolute atomic E-state index is 11.5. The first-order valence-corrected chi connectivity index (χ1v) is 5.22. The zero-order valence-corrected chi connectivity index (χ0v) is 10.0.